The summed E-state index contributed by atoms with van der Waals surface area (Å²) in [5.74, 6) is -0.478. The standard InChI is InChI=1S/C38H38Cl2N6O4/c1-19-15-24(16-20(2)33(19)40)50-14-8-9-25-26-10-11-28(39)32(31-22(4)42-44(7)23(31)5)34(26)46-21(3)18-45(37(47)35(25)46)29-12-13-41-36-27(29)17-30(38(48)49)43(36)6/h10-13,15-17,21H,8-9,14,18H2,1-7H3,(H,48,49)/t21-/m1/s1. The number of halogens is 2. The van der Waals surface area contributed by atoms with Crippen molar-refractivity contribution in [1.29, 1.82) is 0 Å². The average Bonchev–Trinajstić information content (AvgIpc) is 3.68. The summed E-state index contributed by atoms with van der Waals surface area (Å²) < 4.78 is 11.7. The largest absolute Gasteiger partial charge is 0.494 e. The first-order valence-electron chi connectivity index (χ1n) is 16.5. The van der Waals surface area contributed by atoms with Gasteiger partial charge in [-0.1, -0.05) is 29.3 Å². The van der Waals surface area contributed by atoms with Crippen LogP contribution >= 0.6 is 23.2 Å². The van der Waals surface area contributed by atoms with Crippen molar-refractivity contribution in [2.75, 3.05) is 18.1 Å². The summed E-state index contributed by atoms with van der Waals surface area (Å²) in [7, 11) is 3.59. The number of anilines is 1. The molecule has 2 aromatic carbocycles. The minimum Gasteiger partial charge on any atom is -0.494 e. The van der Waals surface area contributed by atoms with Gasteiger partial charge in [-0.2, -0.15) is 5.10 Å². The van der Waals surface area contributed by atoms with Crippen LogP contribution in [0.3, 0.4) is 0 Å². The summed E-state index contributed by atoms with van der Waals surface area (Å²) in [6.45, 7) is 10.8. The number of hydrogen-bond acceptors (Lipinski definition) is 5. The molecule has 0 saturated carbocycles. The van der Waals surface area contributed by atoms with Crippen molar-refractivity contribution in [3.8, 4) is 16.9 Å². The minimum atomic E-state index is -1.06. The van der Waals surface area contributed by atoms with Crippen molar-refractivity contribution < 1.29 is 19.4 Å². The lowest BCUT2D eigenvalue weighted by Crippen LogP contribution is -2.42. The summed E-state index contributed by atoms with van der Waals surface area (Å²) in [6.07, 6.45) is 2.84. The second-order valence-corrected chi connectivity index (χ2v) is 14.0. The summed E-state index contributed by atoms with van der Waals surface area (Å²) in [4.78, 5) is 33.2. The van der Waals surface area contributed by atoms with Gasteiger partial charge in [0.1, 0.15) is 22.8 Å². The highest BCUT2D eigenvalue weighted by atomic mass is 35.5. The number of fused-ring (bicyclic) bond motifs is 4. The molecule has 0 bridgehead atoms. The first kappa shape index (κ1) is 33.7. The van der Waals surface area contributed by atoms with E-state index in [0.717, 1.165) is 60.9 Å². The van der Waals surface area contributed by atoms with Crippen LogP contribution in [0.15, 0.2) is 42.6 Å². The fraction of sp³-hybridized carbons (Fsp3) is 0.316. The summed E-state index contributed by atoms with van der Waals surface area (Å²) >= 11 is 13.4. The first-order valence-corrected chi connectivity index (χ1v) is 17.3. The number of aryl methyl sites for hydroxylation is 6. The highest BCUT2D eigenvalue weighted by Gasteiger charge is 2.37. The molecule has 0 spiro atoms. The minimum absolute atomic E-state index is 0.0971. The summed E-state index contributed by atoms with van der Waals surface area (Å²) in [6, 6.07) is 11.0. The van der Waals surface area contributed by atoms with E-state index in [1.165, 1.54) is 4.57 Å². The molecule has 0 radical (unpaired) electrons. The number of carbonyl (C=O) groups is 2. The number of aromatic nitrogens is 5. The molecular formula is C38H38Cl2N6O4. The number of rotatable bonds is 8. The number of aromatic carboxylic acids is 1. The maximum Gasteiger partial charge on any atom is 0.352 e. The molecule has 1 atom stereocenters. The van der Waals surface area contributed by atoms with E-state index in [-0.39, 0.29) is 17.6 Å². The van der Waals surface area contributed by atoms with Crippen LogP contribution in [0.5, 0.6) is 5.75 Å². The van der Waals surface area contributed by atoms with Crippen LogP contribution in [-0.4, -0.2) is 54.0 Å². The number of carboxylic acid groups (broad SMARTS) is 1. The Bertz CT molecular complexity index is 2360. The fourth-order valence-electron chi connectivity index (χ4n) is 7.58. The van der Waals surface area contributed by atoms with Gasteiger partial charge in [0.05, 0.1) is 28.5 Å². The van der Waals surface area contributed by atoms with Gasteiger partial charge in [-0.25, -0.2) is 9.78 Å². The van der Waals surface area contributed by atoms with Gasteiger partial charge in [0.15, 0.2) is 0 Å². The van der Waals surface area contributed by atoms with Gasteiger partial charge < -0.3 is 23.9 Å². The van der Waals surface area contributed by atoms with E-state index in [9.17, 15) is 14.7 Å². The van der Waals surface area contributed by atoms with Gasteiger partial charge >= 0.3 is 5.97 Å². The Morgan fingerprint density at radius 1 is 1.02 bits per heavy atom. The molecule has 0 fully saturated rings. The van der Waals surface area contributed by atoms with Crippen LogP contribution in [0, 0.1) is 27.7 Å². The van der Waals surface area contributed by atoms with Crippen LogP contribution in [-0.2, 0) is 20.5 Å². The number of amides is 1. The van der Waals surface area contributed by atoms with E-state index in [2.05, 4.69) is 16.5 Å². The molecule has 4 aromatic heterocycles. The molecule has 1 aliphatic heterocycles. The number of pyridine rings is 1. The van der Waals surface area contributed by atoms with Gasteiger partial charge in [0.2, 0.25) is 0 Å². The third-order valence-corrected chi connectivity index (χ3v) is 10.9. The van der Waals surface area contributed by atoms with Crippen molar-refractivity contribution in [1.82, 2.24) is 23.9 Å². The molecule has 7 rings (SSSR count). The van der Waals surface area contributed by atoms with Gasteiger partial charge in [-0.15, -0.1) is 0 Å². The van der Waals surface area contributed by atoms with Crippen molar-refractivity contribution in [3.63, 3.8) is 0 Å². The molecule has 10 nitrogen and oxygen atoms in total. The van der Waals surface area contributed by atoms with Gasteiger partial charge in [-0.05, 0) is 94.5 Å². The second kappa shape index (κ2) is 12.5. The molecule has 12 heteroatoms. The Kier molecular flexibility index (Phi) is 8.43. The summed E-state index contributed by atoms with van der Waals surface area (Å²) in [5.41, 5.74) is 9.16. The van der Waals surface area contributed by atoms with E-state index < -0.39 is 5.97 Å². The fourth-order valence-corrected chi connectivity index (χ4v) is 7.94. The van der Waals surface area contributed by atoms with Crippen molar-refractivity contribution in [3.05, 3.63) is 92.1 Å². The van der Waals surface area contributed by atoms with Crippen LogP contribution < -0.4 is 9.64 Å². The lowest BCUT2D eigenvalue weighted by molar-refractivity contribution is 0.0686. The predicted octanol–water partition coefficient (Wildman–Crippen LogP) is 8.40. The van der Waals surface area contributed by atoms with Crippen LogP contribution in [0.25, 0.3) is 33.1 Å². The Morgan fingerprint density at radius 3 is 2.40 bits per heavy atom. The van der Waals surface area contributed by atoms with Crippen molar-refractivity contribution in [2.24, 2.45) is 14.1 Å². The SMILES string of the molecule is Cc1cc(OCCCc2c3n(c4c(-c5c(C)nn(C)c5C)c(Cl)ccc24)[C@H](C)CN(c2ccnc4c2cc(C(=O)O)n4C)C3=O)cc(C)c1Cl. The molecule has 0 aliphatic carbocycles. The van der Waals surface area contributed by atoms with Crippen LogP contribution in [0.4, 0.5) is 5.69 Å². The number of hydrogen-bond donors (Lipinski definition) is 1. The lowest BCUT2D eigenvalue weighted by Gasteiger charge is -2.34. The molecule has 1 aliphatic rings. The average molecular weight is 714 g/mol. The molecule has 5 heterocycles. The van der Waals surface area contributed by atoms with E-state index in [1.807, 2.05) is 63.7 Å². The summed E-state index contributed by atoms with van der Waals surface area (Å²) in [5, 5.41) is 17.4. The smallest absolute Gasteiger partial charge is 0.352 e. The maximum atomic E-state index is 14.9. The molecule has 6 aromatic rings. The van der Waals surface area contributed by atoms with Crippen LogP contribution in [0.2, 0.25) is 10.0 Å². The zero-order chi connectivity index (χ0) is 35.8. The first-order chi connectivity index (χ1) is 23.8. The van der Waals surface area contributed by atoms with E-state index >= 15 is 0 Å². The lowest BCUT2D eigenvalue weighted by atomic mass is 9.98. The number of benzene rings is 2. The number of carbonyl (C=O) groups excluding carboxylic acids is 1. The Hall–Kier alpha value is -4.80. The van der Waals surface area contributed by atoms with Gasteiger partial charge in [-0.3, -0.25) is 9.48 Å². The quantitative estimate of drug-likeness (QED) is 0.159. The van der Waals surface area contributed by atoms with Crippen LogP contribution in [0.1, 0.15) is 68.4 Å². The third kappa shape index (κ3) is 5.24. The highest BCUT2D eigenvalue weighted by molar-refractivity contribution is 6.35. The normalized spacial score (nSPS) is 14.6. The van der Waals surface area contributed by atoms with E-state index in [0.29, 0.717) is 53.4 Å². The van der Waals surface area contributed by atoms with Crippen molar-refractivity contribution >= 4 is 62.7 Å². The Morgan fingerprint density at radius 2 is 1.74 bits per heavy atom. The zero-order valence-corrected chi connectivity index (χ0v) is 30.6. The van der Waals surface area contributed by atoms with Crippen molar-refractivity contribution in [2.45, 2.75) is 53.5 Å². The predicted molar refractivity (Wildman–Crippen MR) is 197 cm³/mol. The zero-order valence-electron chi connectivity index (χ0n) is 29.1. The molecule has 50 heavy (non-hydrogen) atoms. The molecule has 1 N–H and O–H groups in total. The Balaban J connectivity index is 1.38. The van der Waals surface area contributed by atoms with E-state index in [4.69, 9.17) is 33.0 Å². The Labute approximate surface area is 299 Å². The second-order valence-electron chi connectivity index (χ2n) is 13.2. The topological polar surface area (TPSA) is 107 Å². The molecule has 0 saturated heterocycles. The van der Waals surface area contributed by atoms with Gasteiger partial charge in [0, 0.05) is 65.5 Å². The molecule has 0 unspecified atom stereocenters. The van der Waals surface area contributed by atoms with Gasteiger partial charge in [0.25, 0.3) is 5.91 Å². The molecular weight excluding hydrogens is 675 g/mol. The number of carboxylic acids is 1. The maximum absolute atomic E-state index is 14.9. The number of nitrogens with zero attached hydrogens (tertiary/aromatic N) is 6. The highest BCUT2D eigenvalue weighted by Crippen LogP contribution is 2.45. The monoisotopic (exact) mass is 712 g/mol. The third-order valence-electron chi connectivity index (χ3n) is 9.98. The van der Waals surface area contributed by atoms with E-state index in [1.54, 1.807) is 30.3 Å². The number of ether oxygens (including phenoxy) is 1. The molecule has 258 valence electrons. The molecule has 1 amide bonds.